The van der Waals surface area contributed by atoms with Crippen molar-refractivity contribution in [2.45, 2.75) is 13.8 Å². The smallest absolute Gasteiger partial charge is 0.113 e. The molecule has 0 unspecified atom stereocenters. The zero-order chi connectivity index (χ0) is 12.6. The molecule has 0 aromatic rings. The molecule has 0 heterocycles. The van der Waals surface area contributed by atoms with Crippen molar-refractivity contribution in [1.29, 1.82) is 0 Å². The van der Waals surface area contributed by atoms with Gasteiger partial charge in [-0.3, -0.25) is 0 Å². The minimum absolute atomic E-state index is 0.434. The van der Waals surface area contributed by atoms with E-state index in [4.69, 9.17) is 4.74 Å². The molecule has 16 heavy (non-hydrogen) atoms. The lowest BCUT2D eigenvalue weighted by atomic mass is 10.2. The van der Waals surface area contributed by atoms with Crippen LogP contribution in [0.25, 0.3) is 0 Å². The van der Waals surface area contributed by atoms with Crippen LogP contribution in [0.15, 0.2) is 73.1 Å². The van der Waals surface area contributed by atoms with Crippen LogP contribution < -0.4 is 0 Å². The third kappa shape index (κ3) is 8.82. The van der Waals surface area contributed by atoms with Crippen LogP contribution in [0.3, 0.4) is 0 Å². The molecule has 0 atom stereocenters. The summed E-state index contributed by atoms with van der Waals surface area (Å²) < 4.78 is 5.38. The van der Waals surface area contributed by atoms with E-state index in [1.54, 1.807) is 6.08 Å². The molecule has 0 radical (unpaired) electrons. The topological polar surface area (TPSA) is 9.23 Å². The zero-order valence-corrected chi connectivity index (χ0v) is 10.3. The van der Waals surface area contributed by atoms with Crippen LogP contribution in [0.1, 0.15) is 13.8 Å². The normalized spacial score (nSPS) is 10.6. The van der Waals surface area contributed by atoms with Crippen LogP contribution in [0.5, 0.6) is 0 Å². The van der Waals surface area contributed by atoms with E-state index in [1.807, 2.05) is 32.1 Å². The molecule has 0 aromatic heterocycles. The summed E-state index contributed by atoms with van der Waals surface area (Å²) >= 11 is 0. The van der Waals surface area contributed by atoms with Gasteiger partial charge >= 0.3 is 0 Å². The fourth-order valence-corrected chi connectivity index (χ4v) is 0.777. The molecule has 0 aliphatic heterocycles. The molecule has 1 heteroatoms. The Morgan fingerprint density at radius 3 is 1.88 bits per heavy atom. The molecule has 1 nitrogen and oxygen atoms in total. The quantitative estimate of drug-likeness (QED) is 0.454. The van der Waals surface area contributed by atoms with Gasteiger partial charge in [-0.25, -0.2) is 0 Å². The molecule has 0 aliphatic carbocycles. The van der Waals surface area contributed by atoms with Gasteiger partial charge in [0.05, 0.1) is 0 Å². The van der Waals surface area contributed by atoms with Crippen molar-refractivity contribution in [2.24, 2.45) is 0 Å². The van der Waals surface area contributed by atoms with E-state index in [0.717, 1.165) is 16.7 Å². The molecule has 0 aliphatic rings. The minimum atomic E-state index is 0.434. The van der Waals surface area contributed by atoms with Gasteiger partial charge in [0, 0.05) is 0 Å². The lowest BCUT2D eigenvalue weighted by Crippen LogP contribution is -1.93. The number of ether oxygens (including phenoxy) is 1. The fraction of sp³-hybridized carbons (Fsp3) is 0.200. The van der Waals surface area contributed by atoms with Gasteiger partial charge in [0.2, 0.25) is 0 Å². The maximum absolute atomic E-state index is 5.38. The Hall–Kier alpha value is -1.76. The molecule has 0 N–H and O–H groups in total. The van der Waals surface area contributed by atoms with Crippen molar-refractivity contribution in [2.75, 3.05) is 6.61 Å². The predicted molar refractivity (Wildman–Crippen MR) is 72.1 cm³/mol. The third-order valence-electron chi connectivity index (χ3n) is 1.60. The Kier molecular flexibility index (Phi) is 6.69. The van der Waals surface area contributed by atoms with Crippen molar-refractivity contribution < 1.29 is 4.74 Å². The molecule has 0 saturated heterocycles. The van der Waals surface area contributed by atoms with Gasteiger partial charge in [-0.1, -0.05) is 55.7 Å². The predicted octanol–water partition coefficient (Wildman–Crippen LogP) is 4.34. The van der Waals surface area contributed by atoms with Crippen molar-refractivity contribution in [3.8, 4) is 0 Å². The summed E-state index contributed by atoms with van der Waals surface area (Å²) in [5.41, 5.74) is 2.83. The van der Waals surface area contributed by atoms with E-state index in [2.05, 4.69) is 26.3 Å². The summed E-state index contributed by atoms with van der Waals surface area (Å²) in [5, 5.41) is 0. The van der Waals surface area contributed by atoms with E-state index in [1.165, 1.54) is 0 Å². The summed E-state index contributed by atoms with van der Waals surface area (Å²) in [6.07, 6.45) is 7.43. The second-order valence-electron chi connectivity index (χ2n) is 3.77. The molecule has 0 aromatic carbocycles. The molecular weight excluding hydrogens is 196 g/mol. The molecule has 0 fully saturated rings. The van der Waals surface area contributed by atoms with E-state index >= 15 is 0 Å². The SMILES string of the molecule is C=C(C)/C=C\C(=C)COC(=C)/C=C\C(=C)C. The lowest BCUT2D eigenvalue weighted by molar-refractivity contribution is 0.257. The van der Waals surface area contributed by atoms with E-state index < -0.39 is 0 Å². The van der Waals surface area contributed by atoms with Crippen LogP contribution in [-0.4, -0.2) is 6.61 Å². The Labute approximate surface area is 98.8 Å². The molecule has 0 bridgehead atoms. The summed E-state index contributed by atoms with van der Waals surface area (Å²) in [5.74, 6) is 0.605. The zero-order valence-electron chi connectivity index (χ0n) is 10.3. The molecule has 86 valence electrons. The highest BCUT2D eigenvalue weighted by Crippen LogP contribution is 2.04. The Morgan fingerprint density at radius 2 is 1.38 bits per heavy atom. The van der Waals surface area contributed by atoms with E-state index in [9.17, 15) is 0 Å². The molecule has 0 saturated carbocycles. The largest absolute Gasteiger partial charge is 0.490 e. The standard InChI is InChI=1S/C15H20O/c1-12(2)7-9-14(5)11-16-15(6)10-8-13(3)4/h7-10H,1,3,5-6,11H2,2,4H3/b9-7-,10-8-. The Bertz CT molecular complexity index is 318. The third-order valence-corrected chi connectivity index (χ3v) is 1.60. The lowest BCUT2D eigenvalue weighted by Gasteiger charge is -2.05. The first kappa shape index (κ1) is 14.2. The van der Waals surface area contributed by atoms with Gasteiger partial charge in [-0.2, -0.15) is 0 Å². The highest BCUT2D eigenvalue weighted by molar-refractivity contribution is 5.24. The highest BCUT2D eigenvalue weighted by Gasteiger charge is 1.91. The van der Waals surface area contributed by atoms with Crippen LogP contribution in [0, 0.1) is 0 Å². The Balaban J connectivity index is 3.97. The average Bonchev–Trinajstić information content (AvgIpc) is 2.20. The molecule has 0 spiro atoms. The molecule has 0 rings (SSSR count). The van der Waals surface area contributed by atoms with Crippen LogP contribution >= 0.6 is 0 Å². The average molecular weight is 216 g/mol. The maximum atomic E-state index is 5.38. The summed E-state index contributed by atoms with van der Waals surface area (Å²) in [4.78, 5) is 0. The van der Waals surface area contributed by atoms with Crippen molar-refractivity contribution in [3.05, 3.63) is 73.1 Å². The van der Waals surface area contributed by atoms with Gasteiger partial charge < -0.3 is 4.74 Å². The van der Waals surface area contributed by atoms with Crippen molar-refractivity contribution in [1.82, 2.24) is 0 Å². The summed E-state index contributed by atoms with van der Waals surface area (Å²) in [6, 6.07) is 0. The first-order valence-electron chi connectivity index (χ1n) is 5.08. The number of hydrogen-bond donors (Lipinski definition) is 0. The Morgan fingerprint density at radius 1 is 0.875 bits per heavy atom. The van der Waals surface area contributed by atoms with Crippen LogP contribution in [0.4, 0.5) is 0 Å². The second kappa shape index (κ2) is 7.52. The second-order valence-corrected chi connectivity index (χ2v) is 3.77. The van der Waals surface area contributed by atoms with Gasteiger partial charge in [-0.15, -0.1) is 0 Å². The summed E-state index contributed by atoms with van der Waals surface area (Å²) in [6.45, 7) is 19.4. The van der Waals surface area contributed by atoms with Gasteiger partial charge in [-0.05, 0) is 25.5 Å². The molecule has 0 amide bonds. The van der Waals surface area contributed by atoms with E-state index in [0.29, 0.717) is 12.4 Å². The van der Waals surface area contributed by atoms with E-state index in [-0.39, 0.29) is 0 Å². The first-order valence-corrected chi connectivity index (χ1v) is 5.08. The first-order chi connectivity index (χ1) is 7.41. The number of hydrogen-bond acceptors (Lipinski definition) is 1. The maximum Gasteiger partial charge on any atom is 0.113 e. The summed E-state index contributed by atoms with van der Waals surface area (Å²) in [7, 11) is 0. The number of allylic oxidation sites excluding steroid dienone is 5. The number of rotatable bonds is 7. The minimum Gasteiger partial charge on any atom is -0.490 e. The molecular formula is C15H20O. The fourth-order valence-electron chi connectivity index (χ4n) is 0.777. The van der Waals surface area contributed by atoms with Gasteiger partial charge in [0.25, 0.3) is 0 Å². The monoisotopic (exact) mass is 216 g/mol. The highest BCUT2D eigenvalue weighted by atomic mass is 16.5. The van der Waals surface area contributed by atoms with Gasteiger partial charge in [0.1, 0.15) is 12.4 Å². The van der Waals surface area contributed by atoms with Crippen molar-refractivity contribution >= 4 is 0 Å². The van der Waals surface area contributed by atoms with Crippen molar-refractivity contribution in [3.63, 3.8) is 0 Å². The van der Waals surface area contributed by atoms with Gasteiger partial charge in [0.15, 0.2) is 0 Å². The van der Waals surface area contributed by atoms with Crippen LogP contribution in [-0.2, 0) is 4.74 Å². The van der Waals surface area contributed by atoms with Crippen LogP contribution in [0.2, 0.25) is 0 Å².